The molecule has 7 heteroatoms. The van der Waals surface area contributed by atoms with E-state index in [1.807, 2.05) is 48.5 Å². The van der Waals surface area contributed by atoms with Crippen LogP contribution in [0.15, 0.2) is 53.4 Å². The number of likely N-dealkylation sites (N-methyl/N-ethyl adjacent to an activating group) is 1. The zero-order valence-corrected chi connectivity index (χ0v) is 16.7. The number of benzene rings is 2. The van der Waals surface area contributed by atoms with Crippen molar-refractivity contribution < 1.29 is 14.3 Å². The molecule has 2 N–H and O–H groups in total. The summed E-state index contributed by atoms with van der Waals surface area (Å²) in [4.78, 5) is 25.1. The molecule has 0 heterocycles. The largest absolute Gasteiger partial charge is 0.493 e. The van der Waals surface area contributed by atoms with Crippen molar-refractivity contribution in [1.82, 2.24) is 10.0 Å². The molecule has 0 saturated heterocycles. The van der Waals surface area contributed by atoms with Gasteiger partial charge in [0.1, 0.15) is 12.3 Å². The van der Waals surface area contributed by atoms with Crippen LogP contribution in [0.25, 0.3) is 0 Å². The van der Waals surface area contributed by atoms with Crippen molar-refractivity contribution in [2.24, 2.45) is 5.92 Å². The van der Waals surface area contributed by atoms with Gasteiger partial charge in [-0.05, 0) is 66.6 Å². The van der Waals surface area contributed by atoms with Crippen molar-refractivity contribution in [2.75, 3.05) is 25.1 Å². The van der Waals surface area contributed by atoms with E-state index in [9.17, 15) is 9.59 Å². The molecule has 0 spiro atoms. The smallest absolute Gasteiger partial charge is 0.239 e. The minimum absolute atomic E-state index is 0.00655. The van der Waals surface area contributed by atoms with Gasteiger partial charge in [-0.1, -0.05) is 18.2 Å². The Bertz CT molecular complexity index is 794. The highest BCUT2D eigenvalue weighted by Gasteiger charge is 2.21. The molecule has 0 atom stereocenters. The van der Waals surface area contributed by atoms with Gasteiger partial charge in [0.2, 0.25) is 12.3 Å². The molecule has 1 fully saturated rings. The number of carbonyl (C=O) groups is 2. The molecular weight excluding hydrogens is 374 g/mol. The first-order chi connectivity index (χ1) is 13.7. The van der Waals surface area contributed by atoms with Gasteiger partial charge in [-0.25, -0.2) is 0 Å². The third-order valence-electron chi connectivity index (χ3n) is 4.44. The summed E-state index contributed by atoms with van der Waals surface area (Å²) in [5, 5.41) is 2.51. The summed E-state index contributed by atoms with van der Waals surface area (Å²) in [6.07, 6.45) is 3.23. The van der Waals surface area contributed by atoms with E-state index in [2.05, 4.69) is 10.0 Å². The summed E-state index contributed by atoms with van der Waals surface area (Å²) in [6, 6.07) is 15.6. The Kier molecular flexibility index (Phi) is 7.33. The SMILES string of the molecule is CNC(=O)CN(C=O)c1ccc(CNSc2cccc(OCC3CC3)c2)cc1. The molecule has 6 nitrogen and oxygen atoms in total. The van der Waals surface area contributed by atoms with E-state index in [0.717, 1.165) is 28.7 Å². The van der Waals surface area contributed by atoms with Gasteiger partial charge in [0, 0.05) is 24.2 Å². The van der Waals surface area contributed by atoms with Gasteiger partial charge in [0.15, 0.2) is 0 Å². The van der Waals surface area contributed by atoms with Gasteiger partial charge in [0.05, 0.1) is 6.61 Å². The lowest BCUT2D eigenvalue weighted by atomic mass is 10.2. The van der Waals surface area contributed by atoms with Crippen LogP contribution in [-0.2, 0) is 16.1 Å². The molecule has 3 rings (SSSR count). The second-order valence-electron chi connectivity index (χ2n) is 6.73. The van der Waals surface area contributed by atoms with E-state index in [-0.39, 0.29) is 12.5 Å². The first kappa shape index (κ1) is 20.2. The Morgan fingerprint density at radius 1 is 1.25 bits per heavy atom. The number of hydrogen-bond acceptors (Lipinski definition) is 5. The number of anilines is 1. The Labute approximate surface area is 169 Å². The quantitative estimate of drug-likeness (QED) is 0.449. The summed E-state index contributed by atoms with van der Waals surface area (Å²) in [5.41, 5.74) is 1.78. The van der Waals surface area contributed by atoms with E-state index in [0.29, 0.717) is 18.6 Å². The molecule has 0 radical (unpaired) electrons. The van der Waals surface area contributed by atoms with Gasteiger partial charge >= 0.3 is 0 Å². The molecule has 2 aromatic carbocycles. The summed E-state index contributed by atoms with van der Waals surface area (Å²) < 4.78 is 9.15. The molecule has 1 aliphatic carbocycles. The minimum Gasteiger partial charge on any atom is -0.493 e. The molecule has 0 bridgehead atoms. The second kappa shape index (κ2) is 10.1. The number of hydrogen-bond donors (Lipinski definition) is 2. The Balaban J connectivity index is 1.47. The third kappa shape index (κ3) is 6.28. The molecular formula is C21H25N3O3S. The lowest BCUT2D eigenvalue weighted by molar-refractivity contribution is -0.120. The average Bonchev–Trinajstić information content (AvgIpc) is 3.56. The Morgan fingerprint density at radius 3 is 2.71 bits per heavy atom. The van der Waals surface area contributed by atoms with Crippen molar-refractivity contribution >= 4 is 30.0 Å². The van der Waals surface area contributed by atoms with Crippen LogP contribution in [0.4, 0.5) is 5.69 Å². The van der Waals surface area contributed by atoms with Crippen LogP contribution in [0.1, 0.15) is 18.4 Å². The van der Waals surface area contributed by atoms with Crippen LogP contribution < -0.4 is 19.7 Å². The van der Waals surface area contributed by atoms with Crippen molar-refractivity contribution in [1.29, 1.82) is 0 Å². The fourth-order valence-corrected chi connectivity index (χ4v) is 3.28. The lowest BCUT2D eigenvalue weighted by Crippen LogP contribution is -2.34. The average molecular weight is 400 g/mol. The van der Waals surface area contributed by atoms with Crippen LogP contribution in [-0.4, -0.2) is 32.5 Å². The molecule has 2 aromatic rings. The summed E-state index contributed by atoms with van der Waals surface area (Å²) >= 11 is 1.56. The molecule has 2 amide bonds. The number of nitrogens with one attached hydrogen (secondary N) is 2. The van der Waals surface area contributed by atoms with Crippen LogP contribution in [0, 0.1) is 5.92 Å². The third-order valence-corrected chi connectivity index (χ3v) is 5.22. The first-order valence-corrected chi connectivity index (χ1v) is 10.1. The molecule has 0 aromatic heterocycles. The standard InChI is InChI=1S/C21H25N3O3S/c1-22-21(26)13-24(15-25)18-9-7-16(8-10-18)12-23-28-20-4-2-3-19(11-20)27-14-17-5-6-17/h2-4,7-11,15,17,23H,5-6,12-14H2,1H3,(H,22,26). The number of rotatable bonds is 11. The maximum Gasteiger partial charge on any atom is 0.239 e. The number of nitrogens with zero attached hydrogens (tertiary/aromatic N) is 1. The van der Waals surface area contributed by atoms with Gasteiger partial charge < -0.3 is 15.0 Å². The molecule has 1 aliphatic rings. The van der Waals surface area contributed by atoms with Crippen LogP contribution in [0.3, 0.4) is 0 Å². The van der Waals surface area contributed by atoms with Crippen LogP contribution >= 0.6 is 11.9 Å². The fraction of sp³-hybridized carbons (Fsp3) is 0.333. The number of ether oxygens (including phenoxy) is 1. The summed E-state index contributed by atoms with van der Waals surface area (Å²) in [7, 11) is 1.55. The minimum atomic E-state index is -0.211. The summed E-state index contributed by atoms with van der Waals surface area (Å²) in [5.74, 6) is 1.44. The highest BCUT2D eigenvalue weighted by molar-refractivity contribution is 7.97. The Morgan fingerprint density at radius 2 is 2.04 bits per heavy atom. The second-order valence-corrected chi connectivity index (χ2v) is 7.69. The normalized spacial score (nSPS) is 13.0. The van der Waals surface area contributed by atoms with Crippen molar-refractivity contribution in [3.05, 3.63) is 54.1 Å². The van der Waals surface area contributed by atoms with E-state index < -0.39 is 0 Å². The van der Waals surface area contributed by atoms with Crippen molar-refractivity contribution in [3.8, 4) is 5.75 Å². The van der Waals surface area contributed by atoms with E-state index in [1.54, 1.807) is 19.0 Å². The van der Waals surface area contributed by atoms with Gasteiger partial charge in [-0.15, -0.1) is 0 Å². The monoisotopic (exact) mass is 399 g/mol. The first-order valence-electron chi connectivity index (χ1n) is 9.32. The Hall–Kier alpha value is -2.51. The highest BCUT2D eigenvalue weighted by Crippen LogP contribution is 2.30. The predicted octanol–water partition coefficient (Wildman–Crippen LogP) is 2.98. The fourth-order valence-electron chi connectivity index (χ4n) is 2.56. The topological polar surface area (TPSA) is 70.7 Å². The van der Waals surface area contributed by atoms with Gasteiger partial charge in [-0.3, -0.25) is 14.3 Å². The predicted molar refractivity (Wildman–Crippen MR) is 111 cm³/mol. The zero-order chi connectivity index (χ0) is 19.8. The van der Waals surface area contributed by atoms with Crippen LogP contribution in [0.5, 0.6) is 5.75 Å². The highest BCUT2D eigenvalue weighted by atomic mass is 32.2. The summed E-state index contributed by atoms with van der Waals surface area (Å²) in [6.45, 7) is 1.49. The number of carbonyl (C=O) groups excluding carboxylic acids is 2. The van der Waals surface area contributed by atoms with Crippen molar-refractivity contribution in [2.45, 2.75) is 24.3 Å². The molecule has 1 saturated carbocycles. The van der Waals surface area contributed by atoms with Gasteiger partial charge in [0.25, 0.3) is 0 Å². The molecule has 148 valence electrons. The number of amides is 2. The van der Waals surface area contributed by atoms with Gasteiger partial charge in [-0.2, -0.15) is 0 Å². The van der Waals surface area contributed by atoms with E-state index in [1.165, 1.54) is 17.7 Å². The zero-order valence-electron chi connectivity index (χ0n) is 15.9. The molecule has 28 heavy (non-hydrogen) atoms. The molecule has 0 aliphatic heterocycles. The molecule has 0 unspecified atom stereocenters. The van der Waals surface area contributed by atoms with E-state index in [4.69, 9.17) is 4.74 Å². The van der Waals surface area contributed by atoms with Crippen molar-refractivity contribution in [3.63, 3.8) is 0 Å². The van der Waals surface area contributed by atoms with E-state index >= 15 is 0 Å². The maximum atomic E-state index is 11.5. The maximum absolute atomic E-state index is 11.5. The van der Waals surface area contributed by atoms with Crippen LogP contribution in [0.2, 0.25) is 0 Å². The lowest BCUT2D eigenvalue weighted by Gasteiger charge is -2.16.